The fourth-order valence-electron chi connectivity index (χ4n) is 6.07. The van der Waals surface area contributed by atoms with Crippen LogP contribution in [-0.2, 0) is 19.0 Å². The monoisotopic (exact) mass is 316 g/mol. The van der Waals surface area contributed by atoms with Crippen molar-refractivity contribution in [1.82, 2.24) is 0 Å². The Labute approximate surface area is 136 Å². The van der Waals surface area contributed by atoms with Gasteiger partial charge >= 0.3 is 0 Å². The summed E-state index contributed by atoms with van der Waals surface area (Å²) in [5.74, 6) is -0.0396. The highest BCUT2D eigenvalue weighted by molar-refractivity contribution is 6.01. The summed E-state index contributed by atoms with van der Waals surface area (Å²) in [6, 6.07) is 0. The van der Waals surface area contributed by atoms with Gasteiger partial charge in [-0.05, 0) is 63.3 Å². The quantitative estimate of drug-likeness (QED) is 0.689. The molecule has 4 fully saturated rings. The first-order chi connectivity index (χ1) is 10.8. The van der Waals surface area contributed by atoms with Crippen molar-refractivity contribution in [2.45, 2.75) is 69.5 Å². The van der Waals surface area contributed by atoms with Crippen LogP contribution in [0.15, 0.2) is 23.8 Å². The normalized spacial score (nSPS) is 52.7. The molecule has 124 valence electrons. The van der Waals surface area contributed by atoms with Crippen molar-refractivity contribution < 1.29 is 19.0 Å². The second kappa shape index (κ2) is 3.98. The van der Waals surface area contributed by atoms with Gasteiger partial charge in [0.1, 0.15) is 11.2 Å². The Bertz CT molecular complexity index is 662. The highest BCUT2D eigenvalue weighted by Gasteiger charge is 2.76. The number of carbonyl (C=O) groups excluding carboxylic acids is 1. The molecule has 0 aromatic rings. The summed E-state index contributed by atoms with van der Waals surface area (Å²) in [4.78, 5) is 11.9. The molecule has 4 nitrogen and oxygen atoms in total. The van der Waals surface area contributed by atoms with Crippen LogP contribution in [0, 0.1) is 11.3 Å². The summed E-state index contributed by atoms with van der Waals surface area (Å²) in [5.41, 5.74) is 0.375. The second-order valence-electron chi connectivity index (χ2n) is 8.54. The molecule has 0 amide bonds. The highest BCUT2D eigenvalue weighted by atomic mass is 16.7. The molecule has 0 aromatic carbocycles. The minimum Gasteiger partial charge on any atom is -0.354 e. The molecule has 0 unspecified atom stereocenters. The Hall–Kier alpha value is -0.970. The molecule has 0 aromatic heterocycles. The van der Waals surface area contributed by atoms with Crippen LogP contribution in [0.25, 0.3) is 0 Å². The van der Waals surface area contributed by atoms with E-state index >= 15 is 0 Å². The lowest BCUT2D eigenvalue weighted by atomic mass is 9.50. The average Bonchev–Trinajstić information content (AvgIpc) is 2.60. The lowest BCUT2D eigenvalue weighted by Crippen LogP contribution is -2.63. The fraction of sp³-hybridized carbons (Fsp3) is 0.737. The van der Waals surface area contributed by atoms with Crippen LogP contribution in [0.5, 0.6) is 0 Å². The van der Waals surface area contributed by atoms with Gasteiger partial charge in [-0.15, -0.1) is 0 Å². The van der Waals surface area contributed by atoms with Crippen molar-refractivity contribution in [3.8, 4) is 0 Å². The standard InChI is InChI=1S/C19H24O4/c1-16(2)21-11-18-14-5-4-12-10-13(20)6-9-19(12,23-18)17(14,3)8-7-15(18)22-16/h6,9-10,14-15H,4-5,7-8,11H2,1-3H3/t14-,15-,17-,18-,19+/m0/s1. The molecule has 4 bridgehead atoms. The molecule has 4 heteroatoms. The van der Waals surface area contributed by atoms with Gasteiger partial charge in [0.2, 0.25) is 0 Å². The third-order valence-corrected chi connectivity index (χ3v) is 7.08. The number of hydrogen-bond acceptors (Lipinski definition) is 4. The van der Waals surface area contributed by atoms with Crippen molar-refractivity contribution in [2.24, 2.45) is 11.3 Å². The van der Waals surface area contributed by atoms with E-state index in [9.17, 15) is 4.79 Å². The van der Waals surface area contributed by atoms with Crippen molar-refractivity contribution >= 4 is 5.78 Å². The molecule has 2 aliphatic heterocycles. The molecule has 23 heavy (non-hydrogen) atoms. The van der Waals surface area contributed by atoms with Gasteiger partial charge in [-0.25, -0.2) is 0 Å². The van der Waals surface area contributed by atoms with Gasteiger partial charge in [-0.3, -0.25) is 4.79 Å². The predicted molar refractivity (Wildman–Crippen MR) is 83.7 cm³/mol. The van der Waals surface area contributed by atoms with Gasteiger partial charge in [-0.2, -0.15) is 0 Å². The van der Waals surface area contributed by atoms with Crippen LogP contribution in [0.1, 0.15) is 46.5 Å². The van der Waals surface area contributed by atoms with Crippen LogP contribution in [0.4, 0.5) is 0 Å². The predicted octanol–water partition coefficient (Wildman–Crippen LogP) is 2.92. The third kappa shape index (κ3) is 1.51. The number of allylic oxidation sites excluding steroid dienone is 2. The zero-order valence-corrected chi connectivity index (χ0v) is 14.1. The summed E-state index contributed by atoms with van der Waals surface area (Å²) in [7, 11) is 0. The number of ether oxygens (including phenoxy) is 3. The van der Waals surface area contributed by atoms with Gasteiger partial charge in [-0.1, -0.05) is 6.92 Å². The van der Waals surface area contributed by atoms with Gasteiger partial charge in [0.25, 0.3) is 0 Å². The van der Waals surface area contributed by atoms with E-state index in [1.165, 1.54) is 0 Å². The maximum absolute atomic E-state index is 11.9. The molecular formula is C19H24O4. The fourth-order valence-corrected chi connectivity index (χ4v) is 6.07. The summed E-state index contributed by atoms with van der Waals surface area (Å²) in [5, 5.41) is 0. The van der Waals surface area contributed by atoms with Crippen LogP contribution in [0.3, 0.4) is 0 Å². The minimum absolute atomic E-state index is 0.0268. The van der Waals surface area contributed by atoms with Gasteiger partial charge in [0.05, 0.1) is 12.7 Å². The van der Waals surface area contributed by atoms with E-state index in [1.54, 1.807) is 6.08 Å². The van der Waals surface area contributed by atoms with E-state index < -0.39 is 11.4 Å². The summed E-state index contributed by atoms with van der Waals surface area (Å²) in [6.07, 6.45) is 9.66. The lowest BCUT2D eigenvalue weighted by molar-refractivity contribution is -0.349. The number of ketones is 1. The Morgan fingerprint density at radius 3 is 2.87 bits per heavy atom. The second-order valence-corrected chi connectivity index (χ2v) is 8.54. The maximum atomic E-state index is 11.9. The van der Waals surface area contributed by atoms with E-state index in [-0.39, 0.29) is 22.9 Å². The highest BCUT2D eigenvalue weighted by Crippen LogP contribution is 2.71. The van der Waals surface area contributed by atoms with Crippen molar-refractivity contribution in [3.05, 3.63) is 23.8 Å². The Kier molecular flexibility index (Phi) is 2.49. The molecule has 3 aliphatic carbocycles. The summed E-state index contributed by atoms with van der Waals surface area (Å²) < 4.78 is 19.2. The minimum atomic E-state index is -0.543. The molecule has 5 atom stereocenters. The topological polar surface area (TPSA) is 44.8 Å². The summed E-state index contributed by atoms with van der Waals surface area (Å²) >= 11 is 0. The number of hydrogen-bond donors (Lipinski definition) is 0. The first-order valence-corrected chi connectivity index (χ1v) is 8.78. The Balaban J connectivity index is 1.66. The van der Waals surface area contributed by atoms with Crippen molar-refractivity contribution in [3.63, 3.8) is 0 Å². The lowest BCUT2D eigenvalue weighted by Gasteiger charge is -2.55. The van der Waals surface area contributed by atoms with E-state index in [1.807, 2.05) is 26.0 Å². The van der Waals surface area contributed by atoms with Crippen LogP contribution in [-0.4, -0.2) is 35.5 Å². The van der Waals surface area contributed by atoms with Gasteiger partial charge < -0.3 is 14.2 Å². The first kappa shape index (κ1) is 14.4. The number of rotatable bonds is 0. The zero-order valence-electron chi connectivity index (χ0n) is 14.1. The van der Waals surface area contributed by atoms with Crippen molar-refractivity contribution in [2.75, 3.05) is 6.61 Å². The van der Waals surface area contributed by atoms with Crippen LogP contribution >= 0.6 is 0 Å². The van der Waals surface area contributed by atoms with Gasteiger partial charge in [0, 0.05) is 11.3 Å². The van der Waals surface area contributed by atoms with E-state index in [0.29, 0.717) is 12.5 Å². The Morgan fingerprint density at radius 2 is 2.04 bits per heavy atom. The smallest absolute Gasteiger partial charge is 0.178 e. The van der Waals surface area contributed by atoms with Crippen molar-refractivity contribution in [1.29, 1.82) is 0 Å². The molecular weight excluding hydrogens is 292 g/mol. The molecule has 2 saturated carbocycles. The van der Waals surface area contributed by atoms with E-state index in [4.69, 9.17) is 14.2 Å². The molecule has 2 heterocycles. The molecule has 5 rings (SSSR count). The molecule has 0 N–H and O–H groups in total. The van der Waals surface area contributed by atoms with Crippen LogP contribution in [0.2, 0.25) is 0 Å². The van der Waals surface area contributed by atoms with Gasteiger partial charge in [0.15, 0.2) is 11.6 Å². The first-order valence-electron chi connectivity index (χ1n) is 8.78. The van der Waals surface area contributed by atoms with E-state index in [0.717, 1.165) is 31.3 Å². The summed E-state index contributed by atoms with van der Waals surface area (Å²) in [6.45, 7) is 6.90. The SMILES string of the molecule is CC1(C)OC[C@]23O[C@]45C=CC(=O)C=C4CC[C@H]2[C@]5(C)CC[C@@H]3O1. The number of carbonyl (C=O) groups is 1. The third-order valence-electron chi connectivity index (χ3n) is 7.08. The average molecular weight is 316 g/mol. The van der Waals surface area contributed by atoms with Crippen LogP contribution < -0.4 is 0 Å². The van der Waals surface area contributed by atoms with E-state index in [2.05, 4.69) is 6.92 Å². The zero-order chi connectivity index (χ0) is 16.1. The molecule has 2 spiro atoms. The largest absolute Gasteiger partial charge is 0.354 e. The molecule has 0 radical (unpaired) electrons. The molecule has 5 aliphatic rings. The maximum Gasteiger partial charge on any atom is 0.178 e. The Morgan fingerprint density at radius 1 is 1.22 bits per heavy atom. The molecule has 2 saturated heterocycles.